The number of nitrogens with zero attached hydrogens (tertiary/aromatic N) is 7. The topological polar surface area (TPSA) is 156 Å². The molecule has 0 saturated heterocycles. The molecule has 5 aliphatic rings. The van der Waals surface area contributed by atoms with Gasteiger partial charge in [-0.15, -0.1) is 0 Å². The first-order valence-corrected chi connectivity index (χ1v) is 41.2. The second-order valence-corrected chi connectivity index (χ2v) is 39.1. The molecule has 2 N–H and O–H groups in total. The van der Waals surface area contributed by atoms with E-state index in [2.05, 4.69) is 322 Å². The van der Waals surface area contributed by atoms with Gasteiger partial charge in [-0.25, -0.2) is 9.97 Å². The molecule has 2 aliphatic heterocycles. The minimum absolute atomic E-state index is 0.000835. The molecule has 584 valence electrons. The number of anilines is 1. The van der Waals surface area contributed by atoms with E-state index in [1.807, 2.05) is 67.5 Å². The molecule has 0 radical (unpaired) electrons. The Bertz CT molecular complexity index is 6180. The van der Waals surface area contributed by atoms with Gasteiger partial charge in [0.25, 0.3) is 0 Å². The molecule has 3 aromatic heterocycles. The van der Waals surface area contributed by atoms with Gasteiger partial charge in [0, 0.05) is 91.4 Å². The molecule has 9 nitrogen and oxygen atoms in total. The molecule has 5 heterocycles. The molecule has 7 aromatic carbocycles. The lowest BCUT2D eigenvalue weighted by atomic mass is 9.52. The first kappa shape index (κ1) is 81.1. The van der Waals surface area contributed by atoms with E-state index in [0.717, 1.165) is 150 Å². The van der Waals surface area contributed by atoms with Crippen LogP contribution < -0.4 is 15.3 Å². The maximum absolute atomic E-state index is 10.5. The average Bonchev–Trinajstić information content (AvgIpc) is 1.75. The van der Waals surface area contributed by atoms with E-state index in [0.29, 0.717) is 21.6 Å². The summed E-state index contributed by atoms with van der Waals surface area (Å²) in [6.07, 6.45) is 14.4. The van der Waals surface area contributed by atoms with E-state index in [9.17, 15) is 21.0 Å². The molecule has 10 aromatic rings. The molecule has 0 amide bonds. The summed E-state index contributed by atoms with van der Waals surface area (Å²) in [6, 6.07) is 71.5. The number of aromatic amines is 2. The SMILES string of the molecule is CN(C)c1ccc(C(C(C#CC23CCC(c4ccc(C#Cc5ccc(-c6c7nc(c(-c8cc(C(C)(C)C)cc(C(C)(C)C)c8)c8ccc([nH]8)c(-c8cc(C(C)(C)C)cc(C(C)(C)C)c8)c8nc(c(-c9cc(C(C)(C)C)cc(C(C)(C)C)c9)c9ccc6[nH]9)C=C8)C=C7)cc5)cc4)(CC2)CC3)=C(C#N)C#N)=c2ccc(=C(C#N)C#N)cc2)cc1. The maximum Gasteiger partial charge on any atom is 0.145 e. The van der Waals surface area contributed by atoms with E-state index < -0.39 is 0 Å². The number of fused-ring (bicyclic) bond motifs is 11. The van der Waals surface area contributed by atoms with Crippen LogP contribution in [0.2, 0.25) is 0 Å². The highest BCUT2D eigenvalue weighted by Gasteiger charge is 2.49. The summed E-state index contributed by atoms with van der Waals surface area (Å²) >= 11 is 0. The van der Waals surface area contributed by atoms with Crippen LogP contribution in [0.5, 0.6) is 0 Å². The summed E-state index contributed by atoms with van der Waals surface area (Å²) in [4.78, 5) is 21.9. The number of allylic oxidation sites excluding steroid dienone is 2. The minimum atomic E-state index is -0.285. The first-order valence-electron chi connectivity index (χ1n) is 41.2. The van der Waals surface area contributed by atoms with Gasteiger partial charge in [-0.3, -0.25) is 0 Å². The van der Waals surface area contributed by atoms with Crippen LogP contribution in [0.25, 0.3) is 102 Å². The monoisotopic (exact) mass is 1530 g/mol. The van der Waals surface area contributed by atoms with Gasteiger partial charge in [0.15, 0.2) is 0 Å². The Morgan fingerprint density at radius 3 is 1.03 bits per heavy atom. The van der Waals surface area contributed by atoms with Crippen molar-refractivity contribution in [3.8, 4) is 92.5 Å². The summed E-state index contributed by atoms with van der Waals surface area (Å²) in [5.41, 5.74) is 27.8. The molecule has 9 heteroatoms. The zero-order chi connectivity index (χ0) is 83.7. The fourth-order valence-corrected chi connectivity index (χ4v) is 16.8. The normalized spacial score (nSPS) is 15.8. The van der Waals surface area contributed by atoms with Crippen LogP contribution >= 0.6 is 0 Å². The molecule has 3 aliphatic carbocycles. The molecule has 0 atom stereocenters. The number of nitrogens with one attached hydrogen (secondary N) is 2. The van der Waals surface area contributed by atoms with E-state index in [1.165, 1.54) is 38.9 Å². The zero-order valence-corrected chi connectivity index (χ0v) is 71.9. The fraction of sp³-hybridized carbons (Fsp3) is 0.315. The van der Waals surface area contributed by atoms with Gasteiger partial charge in [0.05, 0.1) is 28.3 Å². The van der Waals surface area contributed by atoms with Crippen LogP contribution in [0.3, 0.4) is 0 Å². The quantitative estimate of drug-likeness (QED) is 0.113. The number of nitriles is 4. The second-order valence-electron chi connectivity index (χ2n) is 39.1. The molecule has 15 rings (SSSR count). The lowest BCUT2D eigenvalue weighted by molar-refractivity contribution is 0.0865. The molecular weight excluding hydrogens is 1420 g/mol. The van der Waals surface area contributed by atoms with Gasteiger partial charge >= 0.3 is 0 Å². The zero-order valence-electron chi connectivity index (χ0n) is 71.9. The summed E-state index contributed by atoms with van der Waals surface area (Å²) in [7, 11) is 3.95. The Balaban J connectivity index is 0.869. The predicted octanol–water partition coefficient (Wildman–Crippen LogP) is 24.6. The van der Waals surface area contributed by atoms with Crippen molar-refractivity contribution in [2.24, 2.45) is 5.41 Å². The third-order valence-corrected chi connectivity index (χ3v) is 24.4. The minimum Gasteiger partial charge on any atom is -0.378 e. The van der Waals surface area contributed by atoms with Gasteiger partial charge in [0.2, 0.25) is 0 Å². The molecule has 3 fully saturated rings. The molecule has 10 bridgehead atoms. The van der Waals surface area contributed by atoms with Crippen LogP contribution in [0.4, 0.5) is 5.69 Å². The Morgan fingerprint density at radius 2 is 0.701 bits per heavy atom. The van der Waals surface area contributed by atoms with Gasteiger partial charge in [-0.2, -0.15) is 21.0 Å². The number of benzene rings is 7. The van der Waals surface area contributed by atoms with E-state index in [1.54, 1.807) is 12.1 Å². The van der Waals surface area contributed by atoms with Crippen LogP contribution in [-0.2, 0) is 37.9 Å². The van der Waals surface area contributed by atoms with Crippen molar-refractivity contribution in [1.82, 2.24) is 19.9 Å². The van der Waals surface area contributed by atoms with Crippen molar-refractivity contribution in [3.63, 3.8) is 0 Å². The molecule has 117 heavy (non-hydrogen) atoms. The van der Waals surface area contributed by atoms with E-state index in [-0.39, 0.29) is 54.5 Å². The third-order valence-electron chi connectivity index (χ3n) is 24.4. The summed E-state index contributed by atoms with van der Waals surface area (Å²) < 4.78 is 0. The molecular formula is C108H107N9. The van der Waals surface area contributed by atoms with E-state index in [4.69, 9.17) is 9.97 Å². The summed E-state index contributed by atoms with van der Waals surface area (Å²) in [5.74, 6) is 14.3. The van der Waals surface area contributed by atoms with Crippen LogP contribution in [-0.4, -0.2) is 34.0 Å². The van der Waals surface area contributed by atoms with Gasteiger partial charge in [-0.05, 0) is 233 Å². The largest absolute Gasteiger partial charge is 0.378 e. The Hall–Kier alpha value is -12.5. The highest BCUT2D eigenvalue weighted by molar-refractivity contribution is 6.01. The highest BCUT2D eigenvalue weighted by atomic mass is 15.1. The Kier molecular flexibility index (Phi) is 21.2. The number of H-pyrrole nitrogens is 2. The summed E-state index contributed by atoms with van der Waals surface area (Å²) in [6.45, 7) is 41.5. The van der Waals surface area contributed by atoms with Crippen LogP contribution in [0, 0.1) is 74.4 Å². The van der Waals surface area contributed by atoms with Crippen molar-refractivity contribution in [2.75, 3.05) is 19.0 Å². The smallest absolute Gasteiger partial charge is 0.145 e. The van der Waals surface area contributed by atoms with Crippen molar-refractivity contribution in [1.29, 1.82) is 21.0 Å². The third kappa shape index (κ3) is 16.6. The highest BCUT2D eigenvalue weighted by Crippen LogP contribution is 2.58. The van der Waals surface area contributed by atoms with Gasteiger partial charge in [-0.1, -0.05) is 264 Å². The van der Waals surface area contributed by atoms with Crippen molar-refractivity contribution < 1.29 is 0 Å². The number of rotatable bonds is 8. The summed E-state index contributed by atoms with van der Waals surface area (Å²) in [5, 5.41) is 41.6. The van der Waals surface area contributed by atoms with Crippen molar-refractivity contribution >= 4 is 63.2 Å². The second kappa shape index (κ2) is 30.6. The number of hydrogen-bond acceptors (Lipinski definition) is 7. The molecule has 0 spiro atoms. The number of hydrogen-bond donors (Lipinski definition) is 2. The predicted molar refractivity (Wildman–Crippen MR) is 487 cm³/mol. The van der Waals surface area contributed by atoms with Gasteiger partial charge in [0.1, 0.15) is 35.4 Å². The first-order chi connectivity index (χ1) is 55.2. The van der Waals surface area contributed by atoms with Crippen molar-refractivity contribution in [2.45, 2.75) is 201 Å². The average molecular weight is 1530 g/mol. The Labute approximate surface area is 693 Å². The maximum atomic E-state index is 10.5. The molecule has 0 unspecified atom stereocenters. The van der Waals surface area contributed by atoms with Crippen molar-refractivity contribution in [3.05, 3.63) is 276 Å². The van der Waals surface area contributed by atoms with E-state index >= 15 is 0 Å². The standard InChI is InChI=1S/C108H107N9/c1-101(2,3)80-55-74(56-81(61-80)102(4,5)6)98-90-41-39-88(113-90)97(89-40-42-91(114-89)99(75-57-82(103(7,8)9)62-83(58-75)104(10,11)12)93-44-46-95(116-93)100(94-45-43-92(98)115-94)76-59-84(105(13,14)15)63-85(60-76)106(16,17)18)73-27-23-68(24-28-73)21-22-69-25-35-79(36-26-69)108-52-49-107(50-53-108,51-54-108)48-47-87(78(66-111)67-112)96(72-33-37-86(38-34-72)117(19)20)71-31-29-70(30-32-71)77(64-109)65-110/h23-46,55-63,113,116H,49-54H2,1-20H3. The number of aromatic nitrogens is 4. The van der Waals surface area contributed by atoms with Gasteiger partial charge < -0.3 is 14.9 Å². The van der Waals surface area contributed by atoms with Crippen LogP contribution in [0.1, 0.15) is 242 Å². The lowest BCUT2D eigenvalue weighted by Crippen LogP contribution is -2.43. The fourth-order valence-electron chi connectivity index (χ4n) is 16.8. The van der Waals surface area contributed by atoms with Crippen LogP contribution in [0.15, 0.2) is 187 Å². The Morgan fingerprint density at radius 1 is 0.368 bits per heavy atom. The lowest BCUT2D eigenvalue weighted by Gasteiger charge is -2.51. The molecule has 3 saturated carbocycles.